The summed E-state index contributed by atoms with van der Waals surface area (Å²) in [6.07, 6.45) is 9.48. The first kappa shape index (κ1) is 62.2. The predicted molar refractivity (Wildman–Crippen MR) is 287 cm³/mol. The number of anilines is 1. The molecule has 0 aromatic heterocycles. The summed E-state index contributed by atoms with van der Waals surface area (Å²) in [5.74, 6) is -1.66. The maximum Gasteiger partial charge on any atom is 0.303 e. The number of carboxylic acids is 1. The Balaban J connectivity index is 1.47. The van der Waals surface area contributed by atoms with Crippen molar-refractivity contribution in [2.75, 3.05) is 77.1 Å². The van der Waals surface area contributed by atoms with E-state index in [0.29, 0.717) is 91.7 Å². The van der Waals surface area contributed by atoms with E-state index >= 15 is 0 Å². The summed E-state index contributed by atoms with van der Waals surface area (Å²) in [6.45, 7) is 7.57. The van der Waals surface area contributed by atoms with Crippen LogP contribution in [0.1, 0.15) is 70.4 Å². The van der Waals surface area contributed by atoms with Crippen LogP contribution in [0.25, 0.3) is 21.5 Å². The van der Waals surface area contributed by atoms with Gasteiger partial charge in [-0.05, 0) is 91.4 Å². The Kier molecular flexibility index (Phi) is 19.7. The zero-order valence-electron chi connectivity index (χ0n) is 43.1. The van der Waals surface area contributed by atoms with Crippen LogP contribution < -0.4 is 4.90 Å². The van der Waals surface area contributed by atoms with E-state index in [1.165, 1.54) is 12.1 Å². The lowest BCUT2D eigenvalue weighted by Crippen LogP contribution is -2.33. The Morgan fingerprint density at radius 2 is 1.15 bits per heavy atom. The Labute approximate surface area is 453 Å². The van der Waals surface area contributed by atoms with Crippen molar-refractivity contribution in [3.63, 3.8) is 0 Å². The topological polar surface area (TPSA) is 352 Å². The lowest BCUT2D eigenvalue weighted by Gasteiger charge is -2.27. The summed E-state index contributed by atoms with van der Waals surface area (Å²) in [4.78, 5) is 10.0. The zero-order valence-corrected chi connectivity index (χ0v) is 47.1. The van der Waals surface area contributed by atoms with Gasteiger partial charge in [0.1, 0.15) is 16.4 Å². The van der Waals surface area contributed by atoms with E-state index in [4.69, 9.17) is 18.9 Å². The molecule has 0 aliphatic carbocycles. The molecule has 1 unspecified atom stereocenters. The summed E-state index contributed by atoms with van der Waals surface area (Å²) >= 11 is 0. The van der Waals surface area contributed by atoms with Crippen molar-refractivity contribution in [2.24, 2.45) is 0 Å². The molecule has 2 heterocycles. The van der Waals surface area contributed by atoms with Gasteiger partial charge < -0.3 is 29.0 Å². The fourth-order valence-corrected chi connectivity index (χ4v) is 13.3. The number of rotatable bonds is 29. The number of ether oxygens (including phenoxy) is 4. The number of carboxylic acid groups (broad SMARTS) is 1. The molecule has 0 fully saturated rings. The number of allylic oxidation sites excluding steroid dienone is 6. The van der Waals surface area contributed by atoms with E-state index in [0.717, 1.165) is 12.1 Å². The maximum atomic E-state index is 12.8. The second-order valence-electron chi connectivity index (χ2n) is 19.2. The minimum atomic E-state index is -5.13. The molecule has 4 aromatic carbocycles. The monoisotopic (exact) mass is 1190 g/mol. The average Bonchev–Trinajstić information content (AvgIpc) is 3.87. The van der Waals surface area contributed by atoms with Gasteiger partial charge in [0.25, 0.3) is 50.6 Å². The molecule has 28 heteroatoms. The van der Waals surface area contributed by atoms with Crippen LogP contribution in [-0.2, 0) is 85.2 Å². The lowest BCUT2D eigenvalue weighted by molar-refractivity contribution is -0.442. The molecule has 4 aromatic rings. The molecular weight excluding hydrogens is 1120 g/mol. The molecule has 0 saturated heterocycles. The summed E-state index contributed by atoms with van der Waals surface area (Å²) < 4.78 is 200. The van der Waals surface area contributed by atoms with Crippen molar-refractivity contribution < 1.29 is 98.3 Å². The predicted octanol–water partition coefficient (Wildman–Crippen LogP) is 6.14. The van der Waals surface area contributed by atoms with E-state index in [2.05, 4.69) is 0 Å². The van der Waals surface area contributed by atoms with Crippen LogP contribution in [0.3, 0.4) is 0 Å². The summed E-state index contributed by atoms with van der Waals surface area (Å²) in [6, 6.07) is 9.39. The van der Waals surface area contributed by atoms with Gasteiger partial charge in [-0.3, -0.25) is 27.6 Å². The number of carbonyl (C=O) groups is 1. The molecule has 0 radical (unpaired) electrons. The van der Waals surface area contributed by atoms with Crippen LogP contribution in [0.4, 0.5) is 11.4 Å². The third kappa shape index (κ3) is 14.6. The largest absolute Gasteiger partial charge is 0.481 e. The van der Waals surface area contributed by atoms with Crippen molar-refractivity contribution in [3.05, 3.63) is 95.7 Å². The summed E-state index contributed by atoms with van der Waals surface area (Å²) in [5, 5.41) is 9.19. The van der Waals surface area contributed by atoms with Crippen LogP contribution in [0.2, 0.25) is 0 Å². The van der Waals surface area contributed by atoms with Gasteiger partial charge in [0, 0.05) is 65.4 Å². The highest BCUT2D eigenvalue weighted by atomic mass is 32.2. The second kappa shape index (κ2) is 24.8. The Bertz CT molecular complexity index is 3670. The Morgan fingerprint density at radius 1 is 0.615 bits per heavy atom. The van der Waals surface area contributed by atoms with E-state index in [1.807, 2.05) is 4.90 Å². The highest BCUT2D eigenvalue weighted by molar-refractivity contribution is 7.87. The smallest absolute Gasteiger partial charge is 0.303 e. The number of methoxy groups -OCH3 is 1. The third-order valence-electron chi connectivity index (χ3n) is 13.5. The van der Waals surface area contributed by atoms with Gasteiger partial charge in [0.05, 0.1) is 60.6 Å². The first-order chi connectivity index (χ1) is 36.3. The van der Waals surface area contributed by atoms with Crippen LogP contribution >= 0.6 is 0 Å². The fourth-order valence-electron chi connectivity index (χ4n) is 10.1. The van der Waals surface area contributed by atoms with Gasteiger partial charge in [-0.15, -0.1) is 0 Å². The Hall–Kier alpha value is -5.05. The second-order valence-corrected chi connectivity index (χ2v) is 26.4. The molecule has 2 aliphatic rings. The van der Waals surface area contributed by atoms with Gasteiger partial charge in [0.15, 0.2) is 12.3 Å². The third-order valence-corrected chi connectivity index (χ3v) is 17.8. The molecule has 6 N–H and O–H groups in total. The first-order valence-corrected chi connectivity index (χ1v) is 31.7. The zero-order chi connectivity index (χ0) is 57.6. The van der Waals surface area contributed by atoms with Crippen molar-refractivity contribution >= 4 is 95.2 Å². The molecule has 0 spiro atoms. The van der Waals surface area contributed by atoms with Crippen LogP contribution in [0, 0.1) is 0 Å². The molecule has 1 atom stereocenters. The van der Waals surface area contributed by atoms with Gasteiger partial charge in [-0.1, -0.05) is 44.6 Å². The first-order valence-electron chi connectivity index (χ1n) is 24.3. The highest BCUT2D eigenvalue weighted by Gasteiger charge is 2.49. The highest BCUT2D eigenvalue weighted by Crippen LogP contribution is 2.52. The van der Waals surface area contributed by atoms with E-state index in [-0.39, 0.29) is 73.8 Å². The van der Waals surface area contributed by atoms with Crippen molar-refractivity contribution in [1.82, 2.24) is 0 Å². The number of aliphatic carboxylic acids is 1. The normalized spacial score (nSPS) is 17.7. The van der Waals surface area contributed by atoms with Crippen molar-refractivity contribution in [1.29, 1.82) is 0 Å². The lowest BCUT2D eigenvalue weighted by atomic mass is 9.74. The molecule has 23 nitrogen and oxygen atoms in total. The van der Waals surface area contributed by atoms with E-state index in [1.54, 1.807) is 75.0 Å². The van der Waals surface area contributed by atoms with Crippen molar-refractivity contribution in [2.45, 2.75) is 89.7 Å². The molecule has 0 saturated carbocycles. The quantitative estimate of drug-likeness (QED) is 0.0154. The molecule has 78 heavy (non-hydrogen) atoms. The number of hydrogen-bond acceptors (Lipinski definition) is 16. The molecular formula is C50H63N2O21S5+. The van der Waals surface area contributed by atoms with Crippen LogP contribution in [-0.4, -0.2) is 158 Å². The molecule has 428 valence electrons. The molecule has 2 aliphatic heterocycles. The summed E-state index contributed by atoms with van der Waals surface area (Å²) in [7, 11) is -23.2. The molecule has 0 amide bonds. The number of hydrogen-bond donors (Lipinski definition) is 6. The van der Waals surface area contributed by atoms with Gasteiger partial charge in [-0.2, -0.15) is 46.7 Å². The number of unbranched alkanes of at least 4 members (excludes halogenated alkanes) is 2. The van der Waals surface area contributed by atoms with Gasteiger partial charge in [-0.25, -0.2) is 0 Å². The molecule has 6 rings (SSSR count). The Morgan fingerprint density at radius 3 is 1.68 bits per heavy atom. The number of benzene rings is 4. The minimum Gasteiger partial charge on any atom is -0.481 e. The van der Waals surface area contributed by atoms with Crippen molar-refractivity contribution in [3.8, 4) is 0 Å². The van der Waals surface area contributed by atoms with E-state index in [9.17, 15) is 74.8 Å². The van der Waals surface area contributed by atoms with Crippen LogP contribution in [0.5, 0.6) is 0 Å². The van der Waals surface area contributed by atoms with Gasteiger partial charge in [0.2, 0.25) is 5.69 Å². The number of nitrogens with zero attached hydrogens (tertiary/aromatic N) is 2. The molecule has 0 bridgehead atoms. The summed E-state index contributed by atoms with van der Waals surface area (Å²) in [5.41, 5.74) is 0.373. The minimum absolute atomic E-state index is 0.0219. The van der Waals surface area contributed by atoms with Crippen LogP contribution in [0.15, 0.2) is 104 Å². The maximum absolute atomic E-state index is 12.8. The standard InChI is InChI=1S/C50H62N2O21S5/c1-49(2)44(51(20-10-6-9-14-46(53)54)40-17-15-36-38(47(40)49)30-34(75(58,59)60)32-42(36)77(64,65)66)12-7-5-8-13-45-50(3,19-11-29-74(55,56)57)48-39-31-35(76(61,62)63)33-43(78(67,68)69)37(39)16-18-41(48)52(45)21-22-71-25-26-73-28-27-72-24-23-70-4/h5,7-8,12-13,15-18,30-33H,6,9-11,14,19-29H2,1-4H3,(H5-,53,54,55,56,57,58,59,60,61,62,63,64,65,66,67,68,69)/p+1. The van der Waals surface area contributed by atoms with E-state index < -0.39 is 92.7 Å². The SMILES string of the molecule is COCCOCCOCCOCC[N+]1=C(/C=C/C=C/C=C2/N(CCCCCC(=O)O)c3ccc4c(S(=O)(=O)O)cc(S(=O)(=O)O)cc4c3C2(C)C)C(C)(CCCS(=O)(=O)O)c2c1ccc1c(S(=O)(=O)O)cc(S(=O)(=O)O)cc21. The number of fused-ring (bicyclic) bond motifs is 6. The fraction of sp³-hybridized carbons (Fsp3) is 0.440. The average molecular weight is 1190 g/mol. The van der Waals surface area contributed by atoms with Gasteiger partial charge >= 0.3 is 5.97 Å².